The predicted octanol–water partition coefficient (Wildman–Crippen LogP) is 3.03. The second-order valence-electron chi connectivity index (χ2n) is 5.22. The molecular weight excluding hydrogens is 297 g/mol. The molecule has 0 fully saturated rings. The number of carbonyl (C=O) groups is 2. The minimum Gasteiger partial charge on any atom is -0.480 e. The molecule has 0 radical (unpaired) electrons. The fourth-order valence-corrected chi connectivity index (χ4v) is 2.29. The number of amides is 1. The summed E-state index contributed by atoms with van der Waals surface area (Å²) in [5.74, 6) is -2.50. The number of rotatable bonds is 7. The van der Waals surface area contributed by atoms with Gasteiger partial charge in [0.2, 0.25) is 0 Å². The molecule has 2 rings (SSSR count). The third-order valence-corrected chi connectivity index (χ3v) is 3.52. The zero-order chi connectivity index (χ0) is 16.7. The van der Waals surface area contributed by atoms with Crippen LogP contribution in [0.1, 0.15) is 28.8 Å². The van der Waals surface area contributed by atoms with Crippen molar-refractivity contribution in [1.29, 1.82) is 0 Å². The topological polar surface area (TPSA) is 66.4 Å². The van der Waals surface area contributed by atoms with Crippen LogP contribution >= 0.6 is 0 Å². The van der Waals surface area contributed by atoms with Crippen molar-refractivity contribution in [2.75, 3.05) is 0 Å². The van der Waals surface area contributed by atoms with Crippen molar-refractivity contribution >= 4 is 11.9 Å². The molecule has 2 aromatic carbocycles. The van der Waals surface area contributed by atoms with Gasteiger partial charge in [0, 0.05) is 0 Å². The number of benzene rings is 2. The summed E-state index contributed by atoms with van der Waals surface area (Å²) in [4.78, 5) is 23.3. The van der Waals surface area contributed by atoms with Crippen LogP contribution < -0.4 is 5.32 Å². The van der Waals surface area contributed by atoms with Crippen LogP contribution in [0, 0.1) is 5.82 Å². The third kappa shape index (κ3) is 4.92. The second-order valence-corrected chi connectivity index (χ2v) is 5.22. The lowest BCUT2D eigenvalue weighted by Crippen LogP contribution is -2.41. The van der Waals surface area contributed by atoms with E-state index in [-0.39, 0.29) is 12.0 Å². The molecule has 4 nitrogen and oxygen atoms in total. The summed E-state index contributed by atoms with van der Waals surface area (Å²) in [5.41, 5.74) is 0.957. The molecule has 0 aliphatic heterocycles. The van der Waals surface area contributed by atoms with Crippen LogP contribution in [0.25, 0.3) is 0 Å². The van der Waals surface area contributed by atoms with Crippen molar-refractivity contribution in [3.05, 3.63) is 71.5 Å². The van der Waals surface area contributed by atoms with Crippen molar-refractivity contribution in [3.8, 4) is 0 Å². The zero-order valence-corrected chi connectivity index (χ0v) is 12.5. The molecule has 0 saturated carbocycles. The zero-order valence-electron chi connectivity index (χ0n) is 12.5. The van der Waals surface area contributed by atoms with E-state index in [1.807, 2.05) is 30.3 Å². The van der Waals surface area contributed by atoms with Crippen molar-refractivity contribution in [2.24, 2.45) is 0 Å². The van der Waals surface area contributed by atoms with E-state index in [9.17, 15) is 19.1 Å². The summed E-state index contributed by atoms with van der Waals surface area (Å²) in [7, 11) is 0. The molecule has 2 aromatic rings. The van der Waals surface area contributed by atoms with Gasteiger partial charge < -0.3 is 10.4 Å². The molecule has 23 heavy (non-hydrogen) atoms. The third-order valence-electron chi connectivity index (χ3n) is 3.52. The van der Waals surface area contributed by atoms with E-state index in [1.165, 1.54) is 24.3 Å². The van der Waals surface area contributed by atoms with Crippen molar-refractivity contribution in [2.45, 2.75) is 25.3 Å². The number of carboxylic acid groups (broad SMARTS) is 1. The smallest absolute Gasteiger partial charge is 0.326 e. The van der Waals surface area contributed by atoms with Crippen molar-refractivity contribution < 1.29 is 19.1 Å². The summed E-state index contributed by atoms with van der Waals surface area (Å²) in [5, 5.41) is 11.6. The highest BCUT2D eigenvalue weighted by atomic mass is 19.1. The number of nitrogens with one attached hydrogen (secondary N) is 1. The molecule has 1 atom stereocenters. The minimum atomic E-state index is -1.12. The first-order valence-corrected chi connectivity index (χ1v) is 7.40. The molecule has 0 aliphatic carbocycles. The van der Waals surface area contributed by atoms with E-state index in [0.29, 0.717) is 6.42 Å². The Morgan fingerprint density at radius 1 is 1.04 bits per heavy atom. The molecule has 5 heteroatoms. The van der Waals surface area contributed by atoms with E-state index < -0.39 is 23.7 Å². The van der Waals surface area contributed by atoms with Gasteiger partial charge in [-0.3, -0.25) is 4.79 Å². The molecule has 0 unspecified atom stereocenters. The van der Waals surface area contributed by atoms with Crippen LogP contribution in [0.2, 0.25) is 0 Å². The number of aliphatic carboxylic acids is 1. The highest BCUT2D eigenvalue weighted by molar-refractivity contribution is 5.96. The van der Waals surface area contributed by atoms with Gasteiger partial charge in [-0.15, -0.1) is 0 Å². The number of hydrogen-bond donors (Lipinski definition) is 2. The van der Waals surface area contributed by atoms with Gasteiger partial charge >= 0.3 is 5.97 Å². The molecule has 2 N–H and O–H groups in total. The van der Waals surface area contributed by atoms with Gasteiger partial charge in [0.1, 0.15) is 11.9 Å². The van der Waals surface area contributed by atoms with Gasteiger partial charge in [0.25, 0.3) is 5.91 Å². The van der Waals surface area contributed by atoms with Crippen LogP contribution in [-0.2, 0) is 11.2 Å². The normalized spacial score (nSPS) is 11.7. The maximum absolute atomic E-state index is 13.6. The first-order chi connectivity index (χ1) is 11.1. The van der Waals surface area contributed by atoms with Crippen molar-refractivity contribution in [3.63, 3.8) is 0 Å². The monoisotopic (exact) mass is 315 g/mol. The molecule has 120 valence electrons. The van der Waals surface area contributed by atoms with E-state index in [1.54, 1.807) is 0 Å². The van der Waals surface area contributed by atoms with E-state index in [0.717, 1.165) is 12.0 Å². The Hall–Kier alpha value is -2.69. The van der Waals surface area contributed by atoms with E-state index in [2.05, 4.69) is 5.32 Å². The number of carboxylic acids is 1. The summed E-state index contributed by atoms with van der Waals surface area (Å²) in [6, 6.07) is 14.1. The van der Waals surface area contributed by atoms with Gasteiger partial charge in [-0.2, -0.15) is 0 Å². The Morgan fingerprint density at radius 2 is 1.70 bits per heavy atom. The predicted molar refractivity (Wildman–Crippen MR) is 84.7 cm³/mol. The molecule has 0 saturated heterocycles. The minimum absolute atomic E-state index is 0.151. The van der Waals surface area contributed by atoms with Crippen LogP contribution in [-0.4, -0.2) is 23.0 Å². The first-order valence-electron chi connectivity index (χ1n) is 7.40. The fourth-order valence-electron chi connectivity index (χ4n) is 2.29. The van der Waals surface area contributed by atoms with Crippen LogP contribution in [0.5, 0.6) is 0 Å². The van der Waals surface area contributed by atoms with E-state index in [4.69, 9.17) is 0 Å². The van der Waals surface area contributed by atoms with Crippen LogP contribution in [0.15, 0.2) is 54.6 Å². The molecule has 0 aromatic heterocycles. The second kappa shape index (κ2) is 8.08. The lowest BCUT2D eigenvalue weighted by Gasteiger charge is -2.14. The molecule has 0 bridgehead atoms. The standard InChI is InChI=1S/C18H18FNO3/c19-15-11-5-4-10-14(15)17(21)20-16(18(22)23)12-6-9-13-7-2-1-3-8-13/h1-5,7-8,10-11,16H,6,9,12H2,(H,20,21)(H,22,23)/t16-/m0/s1. The Balaban J connectivity index is 1.92. The largest absolute Gasteiger partial charge is 0.480 e. The van der Waals surface area contributed by atoms with Gasteiger partial charge in [-0.25, -0.2) is 9.18 Å². The Labute approximate surface area is 134 Å². The van der Waals surface area contributed by atoms with Gasteiger partial charge in [0.05, 0.1) is 5.56 Å². The molecule has 0 aliphatic rings. The number of halogens is 1. The Morgan fingerprint density at radius 3 is 2.35 bits per heavy atom. The lowest BCUT2D eigenvalue weighted by atomic mass is 10.0. The van der Waals surface area contributed by atoms with Crippen molar-refractivity contribution in [1.82, 2.24) is 5.32 Å². The first kappa shape index (κ1) is 16.7. The average molecular weight is 315 g/mol. The maximum Gasteiger partial charge on any atom is 0.326 e. The number of hydrogen-bond acceptors (Lipinski definition) is 2. The molecule has 1 amide bonds. The maximum atomic E-state index is 13.6. The summed E-state index contributed by atoms with van der Waals surface area (Å²) in [6.45, 7) is 0. The number of aryl methyl sites for hydroxylation is 1. The number of carbonyl (C=O) groups excluding carboxylic acids is 1. The lowest BCUT2D eigenvalue weighted by molar-refractivity contribution is -0.139. The summed E-state index contributed by atoms with van der Waals surface area (Å²) in [6.07, 6.45) is 1.61. The van der Waals surface area contributed by atoms with Crippen LogP contribution in [0.3, 0.4) is 0 Å². The van der Waals surface area contributed by atoms with Crippen LogP contribution in [0.4, 0.5) is 4.39 Å². The quantitative estimate of drug-likeness (QED) is 0.825. The highest BCUT2D eigenvalue weighted by Crippen LogP contribution is 2.10. The Kier molecular flexibility index (Phi) is 5.86. The van der Waals surface area contributed by atoms with Gasteiger partial charge in [0.15, 0.2) is 0 Å². The molecule has 0 spiro atoms. The van der Waals surface area contributed by atoms with Gasteiger partial charge in [-0.05, 0) is 37.0 Å². The molecular formula is C18H18FNO3. The van der Waals surface area contributed by atoms with E-state index >= 15 is 0 Å². The SMILES string of the molecule is O=C(N[C@@H](CCCc1ccccc1)C(=O)O)c1ccccc1F. The fraction of sp³-hybridized carbons (Fsp3) is 0.222. The Bertz CT molecular complexity index is 673. The highest BCUT2D eigenvalue weighted by Gasteiger charge is 2.21. The average Bonchev–Trinajstić information content (AvgIpc) is 2.55. The summed E-state index contributed by atoms with van der Waals surface area (Å²) >= 11 is 0. The molecule has 0 heterocycles. The van der Waals surface area contributed by atoms with Gasteiger partial charge in [-0.1, -0.05) is 42.5 Å². The summed E-state index contributed by atoms with van der Waals surface area (Å²) < 4.78 is 13.6.